The second-order valence-electron chi connectivity index (χ2n) is 8.28. The summed E-state index contributed by atoms with van der Waals surface area (Å²) >= 11 is 0. The molecule has 30 heavy (non-hydrogen) atoms. The van der Waals surface area contributed by atoms with Gasteiger partial charge in [0.1, 0.15) is 5.82 Å². The van der Waals surface area contributed by atoms with Gasteiger partial charge in [0.05, 0.1) is 10.9 Å². The van der Waals surface area contributed by atoms with Gasteiger partial charge in [-0.15, -0.1) is 0 Å². The first kappa shape index (κ1) is 22.4. The fraction of sp³-hybridized carbons (Fsp3) is 0.435. The zero-order chi connectivity index (χ0) is 21.9. The Hall–Kier alpha value is -2.25. The van der Waals surface area contributed by atoms with E-state index in [2.05, 4.69) is 10.0 Å². The van der Waals surface area contributed by atoms with Crippen LogP contribution in [0.25, 0.3) is 0 Å². The number of carbonyl (C=O) groups is 1. The number of carbonyl (C=O) groups excluding carboxylic acids is 1. The molecule has 0 unspecified atom stereocenters. The SMILES string of the molecule is Cc1cc(C)cc(S(=O)(=O)N[C@H]2CC[C@H](C(=O)N[C@H](C)c3ccc(F)cc3)CC2)c1. The summed E-state index contributed by atoms with van der Waals surface area (Å²) in [5.41, 5.74) is 2.66. The number of benzene rings is 2. The standard InChI is InChI=1S/C23H29FN2O3S/c1-15-12-16(2)14-22(13-15)30(28,29)26-21-10-6-19(7-11-21)23(27)25-17(3)18-4-8-20(24)9-5-18/h4-5,8-9,12-14,17,19,21,26H,6-7,10-11H2,1-3H3,(H,25,27)/t17-,19-,21-/m1/s1. The zero-order valence-electron chi connectivity index (χ0n) is 17.6. The van der Waals surface area contributed by atoms with Crippen molar-refractivity contribution in [3.05, 3.63) is 65.0 Å². The molecular formula is C23H29FN2O3S. The van der Waals surface area contributed by atoms with E-state index in [1.807, 2.05) is 26.8 Å². The normalized spacial score (nSPS) is 20.5. The third-order valence-corrected chi connectivity index (χ3v) is 7.15. The van der Waals surface area contributed by atoms with Gasteiger partial charge >= 0.3 is 0 Å². The van der Waals surface area contributed by atoms with Crippen LogP contribution in [0.4, 0.5) is 4.39 Å². The summed E-state index contributed by atoms with van der Waals surface area (Å²) in [6, 6.07) is 11.0. The zero-order valence-corrected chi connectivity index (χ0v) is 18.4. The molecule has 1 aliphatic rings. The number of halogens is 1. The van der Waals surface area contributed by atoms with Crippen LogP contribution in [0.2, 0.25) is 0 Å². The largest absolute Gasteiger partial charge is 0.349 e. The van der Waals surface area contributed by atoms with Crippen LogP contribution in [0.3, 0.4) is 0 Å². The van der Waals surface area contributed by atoms with Crippen molar-refractivity contribution in [1.82, 2.24) is 10.0 Å². The van der Waals surface area contributed by atoms with E-state index in [1.54, 1.807) is 24.3 Å². The Bertz CT molecular complexity index is 977. The average Bonchev–Trinajstić information content (AvgIpc) is 2.68. The second-order valence-corrected chi connectivity index (χ2v) is 9.99. The minimum atomic E-state index is -3.58. The van der Waals surface area contributed by atoms with E-state index in [9.17, 15) is 17.6 Å². The molecule has 0 radical (unpaired) electrons. The van der Waals surface area contributed by atoms with Crippen LogP contribution in [0, 0.1) is 25.6 Å². The van der Waals surface area contributed by atoms with Crippen LogP contribution in [0.1, 0.15) is 55.3 Å². The van der Waals surface area contributed by atoms with Crippen molar-refractivity contribution < 1.29 is 17.6 Å². The van der Waals surface area contributed by atoms with Crippen LogP contribution in [-0.4, -0.2) is 20.4 Å². The maximum Gasteiger partial charge on any atom is 0.240 e. The Balaban J connectivity index is 1.54. The molecule has 1 atom stereocenters. The van der Waals surface area contributed by atoms with Crippen LogP contribution in [0.15, 0.2) is 47.4 Å². The first-order valence-electron chi connectivity index (χ1n) is 10.3. The fourth-order valence-corrected chi connectivity index (χ4v) is 5.51. The van der Waals surface area contributed by atoms with Crippen LogP contribution in [0.5, 0.6) is 0 Å². The van der Waals surface area contributed by atoms with Gasteiger partial charge < -0.3 is 5.32 Å². The molecule has 7 heteroatoms. The lowest BCUT2D eigenvalue weighted by Gasteiger charge is -2.29. The van der Waals surface area contributed by atoms with Gasteiger partial charge in [-0.25, -0.2) is 17.5 Å². The third kappa shape index (κ3) is 5.67. The minimum Gasteiger partial charge on any atom is -0.349 e. The molecule has 1 amide bonds. The van der Waals surface area contributed by atoms with Gasteiger partial charge in [0, 0.05) is 12.0 Å². The Labute approximate surface area is 178 Å². The van der Waals surface area contributed by atoms with Crippen molar-refractivity contribution in [1.29, 1.82) is 0 Å². The second kappa shape index (κ2) is 9.27. The summed E-state index contributed by atoms with van der Waals surface area (Å²) in [6.07, 6.45) is 2.49. The predicted molar refractivity (Wildman–Crippen MR) is 115 cm³/mol. The number of hydrogen-bond acceptors (Lipinski definition) is 3. The van der Waals surface area contributed by atoms with E-state index in [-0.39, 0.29) is 34.6 Å². The number of nitrogens with one attached hydrogen (secondary N) is 2. The summed E-state index contributed by atoms with van der Waals surface area (Å²) < 4.78 is 41.3. The summed E-state index contributed by atoms with van der Waals surface area (Å²) in [5, 5.41) is 2.99. The summed E-state index contributed by atoms with van der Waals surface area (Å²) in [5.74, 6) is -0.490. The number of sulfonamides is 1. The highest BCUT2D eigenvalue weighted by atomic mass is 32.2. The molecule has 0 bridgehead atoms. The van der Waals surface area contributed by atoms with E-state index < -0.39 is 10.0 Å². The van der Waals surface area contributed by atoms with Crippen LogP contribution >= 0.6 is 0 Å². The molecule has 0 aromatic heterocycles. The monoisotopic (exact) mass is 432 g/mol. The molecule has 3 rings (SSSR count). The van der Waals surface area contributed by atoms with Crippen molar-refractivity contribution in [2.24, 2.45) is 5.92 Å². The summed E-state index contributed by atoms with van der Waals surface area (Å²) in [6.45, 7) is 5.63. The van der Waals surface area contributed by atoms with Crippen molar-refractivity contribution in [2.75, 3.05) is 0 Å². The molecule has 2 aromatic rings. The lowest BCUT2D eigenvalue weighted by atomic mass is 9.85. The Morgan fingerprint density at radius 3 is 2.13 bits per heavy atom. The average molecular weight is 433 g/mol. The van der Waals surface area contributed by atoms with Gasteiger partial charge in [-0.1, -0.05) is 18.2 Å². The van der Waals surface area contributed by atoms with E-state index >= 15 is 0 Å². The molecule has 1 fully saturated rings. The number of amides is 1. The van der Waals surface area contributed by atoms with Gasteiger partial charge in [-0.3, -0.25) is 4.79 Å². The number of hydrogen-bond donors (Lipinski definition) is 2. The highest BCUT2D eigenvalue weighted by Gasteiger charge is 2.29. The lowest BCUT2D eigenvalue weighted by molar-refractivity contribution is -0.126. The van der Waals surface area contributed by atoms with Crippen LogP contribution < -0.4 is 10.0 Å². The van der Waals surface area contributed by atoms with E-state index in [1.165, 1.54) is 12.1 Å². The first-order valence-corrected chi connectivity index (χ1v) is 11.8. The van der Waals surface area contributed by atoms with Crippen molar-refractivity contribution in [3.63, 3.8) is 0 Å². The van der Waals surface area contributed by atoms with E-state index in [0.29, 0.717) is 25.7 Å². The smallest absolute Gasteiger partial charge is 0.240 e. The maximum atomic E-state index is 13.1. The predicted octanol–water partition coefficient (Wildman–Crippen LogP) is 4.16. The van der Waals surface area contributed by atoms with E-state index in [4.69, 9.17) is 0 Å². The first-order chi connectivity index (χ1) is 14.1. The highest BCUT2D eigenvalue weighted by molar-refractivity contribution is 7.89. The van der Waals surface area contributed by atoms with Gasteiger partial charge in [0.15, 0.2) is 0 Å². The Morgan fingerprint density at radius 1 is 1.00 bits per heavy atom. The molecule has 0 saturated heterocycles. The van der Waals surface area contributed by atoms with Crippen molar-refractivity contribution in [2.45, 2.75) is 63.4 Å². The number of aryl methyl sites for hydroxylation is 2. The molecule has 0 spiro atoms. The molecule has 2 aromatic carbocycles. The molecule has 162 valence electrons. The van der Waals surface area contributed by atoms with E-state index in [0.717, 1.165) is 16.7 Å². The topological polar surface area (TPSA) is 75.3 Å². The molecule has 2 N–H and O–H groups in total. The lowest BCUT2D eigenvalue weighted by Crippen LogP contribution is -2.41. The highest BCUT2D eigenvalue weighted by Crippen LogP contribution is 2.27. The molecule has 0 aliphatic heterocycles. The molecule has 5 nitrogen and oxygen atoms in total. The third-order valence-electron chi connectivity index (χ3n) is 5.65. The Morgan fingerprint density at radius 2 is 1.57 bits per heavy atom. The quantitative estimate of drug-likeness (QED) is 0.720. The number of rotatable bonds is 6. The summed E-state index contributed by atoms with van der Waals surface area (Å²) in [4.78, 5) is 12.9. The maximum absolute atomic E-state index is 13.1. The van der Waals surface area contributed by atoms with Crippen molar-refractivity contribution >= 4 is 15.9 Å². The van der Waals surface area contributed by atoms with Gasteiger partial charge in [0.2, 0.25) is 15.9 Å². The Kier molecular flexibility index (Phi) is 6.93. The summed E-state index contributed by atoms with van der Waals surface area (Å²) in [7, 11) is -3.58. The molecule has 0 heterocycles. The van der Waals surface area contributed by atoms with Gasteiger partial charge in [0.25, 0.3) is 0 Å². The fourth-order valence-electron chi connectivity index (χ4n) is 4.01. The molecule has 1 aliphatic carbocycles. The molecular weight excluding hydrogens is 403 g/mol. The van der Waals surface area contributed by atoms with Crippen LogP contribution in [-0.2, 0) is 14.8 Å². The molecule has 1 saturated carbocycles. The van der Waals surface area contributed by atoms with Gasteiger partial charge in [-0.05, 0) is 87.4 Å². The minimum absolute atomic E-state index is 0.0394. The van der Waals surface area contributed by atoms with Crippen molar-refractivity contribution in [3.8, 4) is 0 Å². The van der Waals surface area contributed by atoms with Gasteiger partial charge in [-0.2, -0.15) is 0 Å².